The van der Waals surface area contributed by atoms with Crippen LogP contribution < -0.4 is 15.4 Å². The number of nitrogens with zero attached hydrogens (tertiary/aromatic N) is 2. The highest BCUT2D eigenvalue weighted by Crippen LogP contribution is 2.30. The van der Waals surface area contributed by atoms with E-state index >= 15 is 0 Å². The number of benzene rings is 1. The van der Waals surface area contributed by atoms with Gasteiger partial charge in [-0.15, -0.1) is 24.0 Å². The SMILES string of the molecule is CN=C(NCCCOc1ccccc1)NCC1(N2CCCC2)CCOCC1.I. The molecule has 2 aliphatic heterocycles. The minimum atomic E-state index is 0. The van der Waals surface area contributed by atoms with Crippen LogP contribution in [0, 0.1) is 0 Å². The van der Waals surface area contributed by atoms with Crippen LogP contribution in [0.5, 0.6) is 5.75 Å². The highest BCUT2D eigenvalue weighted by molar-refractivity contribution is 14.0. The van der Waals surface area contributed by atoms with Crippen molar-refractivity contribution in [2.45, 2.75) is 37.6 Å². The van der Waals surface area contributed by atoms with Gasteiger partial charge >= 0.3 is 0 Å². The maximum Gasteiger partial charge on any atom is 0.191 e. The van der Waals surface area contributed by atoms with Gasteiger partial charge in [0.15, 0.2) is 5.96 Å². The fourth-order valence-electron chi connectivity index (χ4n) is 4.00. The smallest absolute Gasteiger partial charge is 0.191 e. The lowest BCUT2D eigenvalue weighted by Crippen LogP contribution is -2.58. The number of para-hydroxylation sites is 1. The van der Waals surface area contributed by atoms with Gasteiger partial charge in [-0.1, -0.05) is 18.2 Å². The Labute approximate surface area is 186 Å². The van der Waals surface area contributed by atoms with Crippen LogP contribution in [-0.2, 0) is 4.74 Å². The predicted molar refractivity (Wildman–Crippen MR) is 125 cm³/mol. The molecule has 28 heavy (non-hydrogen) atoms. The summed E-state index contributed by atoms with van der Waals surface area (Å²) in [6, 6.07) is 9.95. The highest BCUT2D eigenvalue weighted by Gasteiger charge is 2.39. The second kappa shape index (κ2) is 12.5. The normalized spacial score (nSPS) is 19.7. The lowest BCUT2D eigenvalue weighted by molar-refractivity contribution is -0.0164. The standard InChI is InChI=1S/C21H34N4O2.HI/c1-22-20(23-12-7-15-27-19-8-3-2-4-9-19)24-18-21(10-16-26-17-11-21)25-13-5-6-14-25;/h2-4,8-9H,5-7,10-18H2,1H3,(H2,22,23,24);1H. The zero-order chi connectivity index (χ0) is 18.8. The molecule has 2 fully saturated rings. The van der Waals surface area contributed by atoms with E-state index in [1.807, 2.05) is 37.4 Å². The van der Waals surface area contributed by atoms with E-state index in [9.17, 15) is 0 Å². The van der Waals surface area contributed by atoms with Crippen LogP contribution in [0.15, 0.2) is 35.3 Å². The molecule has 0 bridgehead atoms. The van der Waals surface area contributed by atoms with Gasteiger partial charge < -0.3 is 20.1 Å². The van der Waals surface area contributed by atoms with Crippen molar-refractivity contribution in [3.8, 4) is 5.75 Å². The Kier molecular flexibility index (Phi) is 10.4. The fourth-order valence-corrected chi connectivity index (χ4v) is 4.00. The molecule has 6 nitrogen and oxygen atoms in total. The Balaban J connectivity index is 0.00000280. The molecule has 158 valence electrons. The van der Waals surface area contributed by atoms with Crippen LogP contribution in [0.4, 0.5) is 0 Å². The molecule has 0 amide bonds. The monoisotopic (exact) mass is 502 g/mol. The van der Waals surface area contributed by atoms with E-state index in [0.717, 1.165) is 57.3 Å². The first kappa shape index (κ1) is 23.2. The summed E-state index contributed by atoms with van der Waals surface area (Å²) >= 11 is 0. The van der Waals surface area contributed by atoms with E-state index in [0.29, 0.717) is 6.61 Å². The zero-order valence-corrected chi connectivity index (χ0v) is 19.3. The van der Waals surface area contributed by atoms with Gasteiger partial charge in [0.05, 0.1) is 6.61 Å². The van der Waals surface area contributed by atoms with Gasteiger partial charge in [-0.05, 0) is 57.3 Å². The number of nitrogens with one attached hydrogen (secondary N) is 2. The molecule has 7 heteroatoms. The van der Waals surface area contributed by atoms with Crippen LogP contribution in [-0.4, -0.2) is 69.4 Å². The van der Waals surface area contributed by atoms with Crippen molar-refractivity contribution in [2.75, 3.05) is 53.0 Å². The third kappa shape index (κ3) is 6.77. The van der Waals surface area contributed by atoms with Gasteiger partial charge in [0, 0.05) is 38.9 Å². The molecule has 0 aliphatic carbocycles. The summed E-state index contributed by atoms with van der Waals surface area (Å²) in [6.45, 7) is 6.61. The molecule has 0 saturated carbocycles. The first-order chi connectivity index (χ1) is 13.3. The topological polar surface area (TPSA) is 58.1 Å². The number of guanidine groups is 1. The molecule has 3 rings (SSSR count). The summed E-state index contributed by atoms with van der Waals surface area (Å²) < 4.78 is 11.4. The predicted octanol–water partition coefficient (Wildman–Crippen LogP) is 2.88. The largest absolute Gasteiger partial charge is 0.494 e. The number of hydrogen-bond donors (Lipinski definition) is 2. The molecule has 2 aliphatic rings. The summed E-state index contributed by atoms with van der Waals surface area (Å²) in [5.74, 6) is 1.80. The molecule has 2 N–H and O–H groups in total. The van der Waals surface area contributed by atoms with Crippen molar-refractivity contribution in [3.05, 3.63) is 30.3 Å². The van der Waals surface area contributed by atoms with Gasteiger partial charge in [0.2, 0.25) is 0 Å². The van der Waals surface area contributed by atoms with Crippen LogP contribution in [0.25, 0.3) is 0 Å². The van der Waals surface area contributed by atoms with E-state index in [-0.39, 0.29) is 29.5 Å². The van der Waals surface area contributed by atoms with Gasteiger partial charge in [-0.3, -0.25) is 9.89 Å². The molecule has 2 saturated heterocycles. The van der Waals surface area contributed by atoms with Crippen molar-refractivity contribution in [1.82, 2.24) is 15.5 Å². The summed E-state index contributed by atoms with van der Waals surface area (Å²) in [7, 11) is 1.84. The number of halogens is 1. The molecular formula is C21H35IN4O2. The van der Waals surface area contributed by atoms with Crippen LogP contribution in [0.1, 0.15) is 32.1 Å². The Morgan fingerprint density at radius 3 is 2.54 bits per heavy atom. The summed E-state index contributed by atoms with van der Waals surface area (Å²) in [4.78, 5) is 7.06. The third-order valence-electron chi connectivity index (χ3n) is 5.63. The first-order valence-electron chi connectivity index (χ1n) is 10.3. The molecular weight excluding hydrogens is 467 g/mol. The zero-order valence-electron chi connectivity index (χ0n) is 17.0. The summed E-state index contributed by atoms with van der Waals surface area (Å²) in [5.41, 5.74) is 0.211. The van der Waals surface area contributed by atoms with Crippen molar-refractivity contribution in [2.24, 2.45) is 4.99 Å². The van der Waals surface area contributed by atoms with Crippen molar-refractivity contribution in [3.63, 3.8) is 0 Å². The van der Waals surface area contributed by atoms with Crippen LogP contribution in [0.2, 0.25) is 0 Å². The van der Waals surface area contributed by atoms with E-state index in [1.54, 1.807) is 0 Å². The third-order valence-corrected chi connectivity index (χ3v) is 5.63. The maximum absolute atomic E-state index is 5.74. The van der Waals surface area contributed by atoms with E-state index in [4.69, 9.17) is 9.47 Å². The van der Waals surface area contributed by atoms with Crippen molar-refractivity contribution in [1.29, 1.82) is 0 Å². The lowest BCUT2D eigenvalue weighted by atomic mass is 9.88. The molecule has 2 heterocycles. The molecule has 0 spiro atoms. The molecule has 1 aromatic carbocycles. The van der Waals surface area contributed by atoms with Crippen molar-refractivity contribution < 1.29 is 9.47 Å². The molecule has 0 atom stereocenters. The Morgan fingerprint density at radius 2 is 1.86 bits per heavy atom. The Morgan fingerprint density at radius 1 is 1.14 bits per heavy atom. The number of likely N-dealkylation sites (tertiary alicyclic amines) is 1. The van der Waals surface area contributed by atoms with Crippen LogP contribution >= 0.6 is 24.0 Å². The summed E-state index contributed by atoms with van der Waals surface area (Å²) in [5, 5.41) is 6.98. The maximum atomic E-state index is 5.74. The fraction of sp³-hybridized carbons (Fsp3) is 0.667. The van der Waals surface area contributed by atoms with Gasteiger partial charge in [-0.2, -0.15) is 0 Å². The van der Waals surface area contributed by atoms with E-state index in [1.165, 1.54) is 25.9 Å². The Hall–Kier alpha value is -1.06. The van der Waals surface area contributed by atoms with E-state index in [2.05, 4.69) is 20.5 Å². The van der Waals surface area contributed by atoms with Crippen LogP contribution in [0.3, 0.4) is 0 Å². The second-order valence-electron chi connectivity index (χ2n) is 7.40. The first-order valence-corrected chi connectivity index (χ1v) is 10.3. The van der Waals surface area contributed by atoms with Crippen molar-refractivity contribution >= 4 is 29.9 Å². The number of ether oxygens (including phenoxy) is 2. The average molecular weight is 502 g/mol. The number of hydrogen-bond acceptors (Lipinski definition) is 4. The molecule has 0 radical (unpaired) electrons. The average Bonchev–Trinajstić information content (AvgIpc) is 3.27. The number of rotatable bonds is 8. The highest BCUT2D eigenvalue weighted by atomic mass is 127. The van der Waals surface area contributed by atoms with Gasteiger partial charge in [0.1, 0.15) is 5.75 Å². The lowest BCUT2D eigenvalue weighted by Gasteiger charge is -2.45. The molecule has 0 aromatic heterocycles. The van der Waals surface area contributed by atoms with E-state index < -0.39 is 0 Å². The van der Waals surface area contributed by atoms with Gasteiger partial charge in [0.25, 0.3) is 0 Å². The quantitative estimate of drug-likeness (QED) is 0.248. The minimum Gasteiger partial charge on any atom is -0.494 e. The molecule has 0 unspecified atom stereocenters. The Bertz CT molecular complexity index is 573. The number of aliphatic imine (C=N–C) groups is 1. The van der Waals surface area contributed by atoms with Gasteiger partial charge in [-0.25, -0.2) is 0 Å². The second-order valence-corrected chi connectivity index (χ2v) is 7.40. The minimum absolute atomic E-state index is 0. The molecule has 1 aromatic rings. The summed E-state index contributed by atoms with van der Waals surface area (Å²) in [6.07, 6.45) is 5.76.